The molecule has 0 unspecified atom stereocenters. The first-order valence-corrected chi connectivity index (χ1v) is 13.6. The molecular weight excluding hydrogens is 474 g/mol. The molecule has 7 nitrogen and oxygen atoms in total. The molecule has 0 bridgehead atoms. The summed E-state index contributed by atoms with van der Waals surface area (Å²) in [5, 5.41) is 2.90. The van der Waals surface area contributed by atoms with E-state index >= 15 is 0 Å². The van der Waals surface area contributed by atoms with Crippen molar-refractivity contribution < 1.29 is 17.9 Å². The SMILES string of the molecule is Cc1ccc(N(CC(=O)NCc2cccc(CN3CCOCC3)c2)S(=O)(=O)c2ccc(C)cc2)cc1. The van der Waals surface area contributed by atoms with E-state index < -0.39 is 10.0 Å². The molecule has 0 spiro atoms. The molecule has 1 saturated heterocycles. The largest absolute Gasteiger partial charge is 0.379 e. The Labute approximate surface area is 213 Å². The molecular formula is C28H33N3O4S. The summed E-state index contributed by atoms with van der Waals surface area (Å²) in [6.07, 6.45) is 0. The number of amides is 1. The van der Waals surface area contributed by atoms with Crippen LogP contribution in [0.25, 0.3) is 0 Å². The summed E-state index contributed by atoms with van der Waals surface area (Å²) in [6, 6.07) is 21.9. The number of anilines is 1. The van der Waals surface area contributed by atoms with E-state index in [-0.39, 0.29) is 17.3 Å². The van der Waals surface area contributed by atoms with Crippen LogP contribution in [0.2, 0.25) is 0 Å². The molecule has 190 valence electrons. The fraction of sp³-hybridized carbons (Fsp3) is 0.321. The van der Waals surface area contributed by atoms with Gasteiger partial charge in [0.1, 0.15) is 6.54 Å². The quantitative estimate of drug-likeness (QED) is 0.478. The third kappa shape index (κ3) is 6.72. The van der Waals surface area contributed by atoms with Gasteiger partial charge in [0.2, 0.25) is 5.91 Å². The standard InChI is InChI=1S/C28H33N3O4S/c1-22-6-10-26(11-7-22)31(36(33,34)27-12-8-23(2)9-13-27)21-28(32)29-19-24-4-3-5-25(18-24)20-30-14-16-35-17-15-30/h3-13,18H,14-17,19-21H2,1-2H3,(H,29,32). The number of carbonyl (C=O) groups excluding carboxylic acids is 1. The molecule has 1 amide bonds. The zero-order valence-corrected chi connectivity index (χ0v) is 21.6. The number of hydrogen-bond acceptors (Lipinski definition) is 5. The minimum Gasteiger partial charge on any atom is -0.379 e. The molecule has 1 heterocycles. The highest BCUT2D eigenvalue weighted by molar-refractivity contribution is 7.92. The average molecular weight is 508 g/mol. The van der Waals surface area contributed by atoms with Crippen molar-refractivity contribution >= 4 is 21.6 Å². The van der Waals surface area contributed by atoms with Crippen LogP contribution in [0, 0.1) is 13.8 Å². The molecule has 1 aliphatic rings. The second-order valence-electron chi connectivity index (χ2n) is 9.15. The molecule has 36 heavy (non-hydrogen) atoms. The van der Waals surface area contributed by atoms with E-state index in [1.54, 1.807) is 36.4 Å². The number of sulfonamides is 1. The van der Waals surface area contributed by atoms with Gasteiger partial charge in [0.15, 0.2) is 0 Å². The minimum absolute atomic E-state index is 0.150. The van der Waals surface area contributed by atoms with Crippen molar-refractivity contribution in [3.8, 4) is 0 Å². The number of nitrogens with zero attached hydrogens (tertiary/aromatic N) is 2. The van der Waals surface area contributed by atoms with Crippen molar-refractivity contribution in [2.75, 3.05) is 37.2 Å². The van der Waals surface area contributed by atoms with Crippen LogP contribution in [0.1, 0.15) is 22.3 Å². The monoisotopic (exact) mass is 507 g/mol. The van der Waals surface area contributed by atoms with Crippen molar-refractivity contribution in [1.29, 1.82) is 0 Å². The topological polar surface area (TPSA) is 79.0 Å². The van der Waals surface area contributed by atoms with E-state index in [9.17, 15) is 13.2 Å². The highest BCUT2D eigenvalue weighted by Gasteiger charge is 2.27. The van der Waals surface area contributed by atoms with Crippen LogP contribution in [-0.2, 0) is 32.6 Å². The smallest absolute Gasteiger partial charge is 0.264 e. The predicted molar refractivity (Wildman–Crippen MR) is 141 cm³/mol. The zero-order valence-electron chi connectivity index (χ0n) is 20.8. The number of benzene rings is 3. The Balaban J connectivity index is 1.46. The van der Waals surface area contributed by atoms with E-state index in [4.69, 9.17) is 4.74 Å². The van der Waals surface area contributed by atoms with Crippen LogP contribution >= 0.6 is 0 Å². The molecule has 0 atom stereocenters. The Hall–Kier alpha value is -3.20. The van der Waals surface area contributed by atoms with Gasteiger partial charge in [-0.15, -0.1) is 0 Å². The maximum Gasteiger partial charge on any atom is 0.264 e. The lowest BCUT2D eigenvalue weighted by Gasteiger charge is -2.26. The number of ether oxygens (including phenoxy) is 1. The molecule has 0 aliphatic carbocycles. The van der Waals surface area contributed by atoms with Crippen LogP contribution in [0.15, 0.2) is 77.7 Å². The third-order valence-corrected chi connectivity index (χ3v) is 8.00. The molecule has 0 aromatic heterocycles. The number of nitrogens with one attached hydrogen (secondary N) is 1. The Morgan fingerprint density at radius 2 is 1.53 bits per heavy atom. The van der Waals surface area contributed by atoms with E-state index in [1.165, 1.54) is 9.87 Å². The summed E-state index contributed by atoms with van der Waals surface area (Å²) < 4.78 is 33.6. The molecule has 0 radical (unpaired) electrons. The Morgan fingerprint density at radius 1 is 0.917 bits per heavy atom. The number of aryl methyl sites for hydroxylation is 2. The Kier molecular flexibility index (Phi) is 8.40. The molecule has 0 saturated carbocycles. The third-order valence-electron chi connectivity index (χ3n) is 6.21. The second-order valence-corrected chi connectivity index (χ2v) is 11.0. The van der Waals surface area contributed by atoms with Gasteiger partial charge in [-0.2, -0.15) is 0 Å². The lowest BCUT2D eigenvalue weighted by atomic mass is 10.1. The minimum atomic E-state index is -3.93. The fourth-order valence-corrected chi connectivity index (χ4v) is 5.53. The first kappa shape index (κ1) is 25.9. The van der Waals surface area contributed by atoms with Crippen LogP contribution < -0.4 is 9.62 Å². The second kappa shape index (κ2) is 11.7. The number of hydrogen-bond donors (Lipinski definition) is 1. The summed E-state index contributed by atoms with van der Waals surface area (Å²) >= 11 is 0. The van der Waals surface area contributed by atoms with Crippen molar-refractivity contribution in [2.24, 2.45) is 0 Å². The normalized spacial score (nSPS) is 14.4. The van der Waals surface area contributed by atoms with Crippen molar-refractivity contribution in [2.45, 2.75) is 31.8 Å². The number of morpholine rings is 1. The van der Waals surface area contributed by atoms with E-state index in [1.807, 2.05) is 38.1 Å². The van der Waals surface area contributed by atoms with Crippen LogP contribution in [0.5, 0.6) is 0 Å². The van der Waals surface area contributed by atoms with E-state index in [0.717, 1.165) is 49.5 Å². The first-order chi connectivity index (χ1) is 17.3. The predicted octanol–water partition coefficient (Wildman–Crippen LogP) is 3.65. The summed E-state index contributed by atoms with van der Waals surface area (Å²) in [5.74, 6) is -0.371. The van der Waals surface area contributed by atoms with Gasteiger partial charge >= 0.3 is 0 Å². The van der Waals surface area contributed by atoms with Gasteiger partial charge in [0.05, 0.1) is 23.8 Å². The maximum absolute atomic E-state index is 13.5. The van der Waals surface area contributed by atoms with Crippen molar-refractivity contribution in [1.82, 2.24) is 10.2 Å². The lowest BCUT2D eigenvalue weighted by molar-refractivity contribution is -0.119. The lowest BCUT2D eigenvalue weighted by Crippen LogP contribution is -2.40. The zero-order chi connectivity index (χ0) is 25.5. The van der Waals surface area contributed by atoms with Crippen LogP contribution in [0.4, 0.5) is 5.69 Å². The first-order valence-electron chi connectivity index (χ1n) is 12.1. The van der Waals surface area contributed by atoms with Crippen LogP contribution in [-0.4, -0.2) is 52.1 Å². The van der Waals surface area contributed by atoms with Gasteiger partial charge < -0.3 is 10.1 Å². The van der Waals surface area contributed by atoms with E-state index in [0.29, 0.717) is 12.2 Å². The molecule has 1 fully saturated rings. The summed E-state index contributed by atoms with van der Waals surface area (Å²) in [4.78, 5) is 15.5. The molecule has 4 rings (SSSR count). The van der Waals surface area contributed by atoms with Gasteiger partial charge in [-0.25, -0.2) is 8.42 Å². The van der Waals surface area contributed by atoms with Gasteiger partial charge in [0.25, 0.3) is 10.0 Å². The van der Waals surface area contributed by atoms with Gasteiger partial charge in [-0.05, 0) is 49.2 Å². The molecule has 1 N–H and O–H groups in total. The summed E-state index contributed by atoms with van der Waals surface area (Å²) in [6.45, 7) is 7.99. The molecule has 1 aliphatic heterocycles. The Morgan fingerprint density at radius 3 is 2.19 bits per heavy atom. The fourth-order valence-electron chi connectivity index (χ4n) is 4.11. The highest BCUT2D eigenvalue weighted by atomic mass is 32.2. The van der Waals surface area contributed by atoms with E-state index in [2.05, 4.69) is 22.3 Å². The summed E-state index contributed by atoms with van der Waals surface area (Å²) in [5.41, 5.74) is 4.56. The molecule has 3 aromatic carbocycles. The number of rotatable bonds is 9. The molecule has 8 heteroatoms. The molecule has 3 aromatic rings. The maximum atomic E-state index is 13.5. The van der Waals surface area contributed by atoms with Crippen molar-refractivity contribution in [3.05, 3.63) is 95.1 Å². The average Bonchev–Trinajstić information content (AvgIpc) is 2.88. The van der Waals surface area contributed by atoms with Gasteiger partial charge in [-0.3, -0.25) is 14.0 Å². The Bertz CT molecular complexity index is 1270. The summed E-state index contributed by atoms with van der Waals surface area (Å²) in [7, 11) is -3.93. The van der Waals surface area contributed by atoms with Crippen molar-refractivity contribution in [3.63, 3.8) is 0 Å². The van der Waals surface area contributed by atoms with Gasteiger partial charge in [0, 0.05) is 26.2 Å². The van der Waals surface area contributed by atoms with Crippen LogP contribution in [0.3, 0.4) is 0 Å². The highest BCUT2D eigenvalue weighted by Crippen LogP contribution is 2.24. The number of carbonyl (C=O) groups is 1. The van der Waals surface area contributed by atoms with Gasteiger partial charge in [-0.1, -0.05) is 59.7 Å².